The summed E-state index contributed by atoms with van der Waals surface area (Å²) in [6, 6.07) is 0. The van der Waals surface area contributed by atoms with Gasteiger partial charge in [-0.1, -0.05) is 234 Å². The van der Waals surface area contributed by atoms with E-state index < -0.39 is 0 Å². The molecule has 0 bridgehead atoms. The van der Waals surface area contributed by atoms with Crippen LogP contribution in [0, 0.1) is 13.8 Å². The lowest BCUT2D eigenvalue weighted by Gasteiger charge is -2.22. The van der Waals surface area contributed by atoms with Crippen molar-refractivity contribution in [1.29, 1.82) is 0 Å². The Kier molecular flexibility index (Phi) is 34.7. The summed E-state index contributed by atoms with van der Waals surface area (Å²) in [4.78, 5) is 0. The molecule has 0 amide bonds. The molecule has 0 spiro atoms. The molecule has 69 heavy (non-hydrogen) atoms. The van der Waals surface area contributed by atoms with Gasteiger partial charge >= 0.3 is 0 Å². The third-order valence-corrected chi connectivity index (χ3v) is 14.1. The van der Waals surface area contributed by atoms with Gasteiger partial charge in [0.05, 0.1) is 50.4 Å². The Hall–Kier alpha value is -2.96. The molecule has 0 unspecified atom stereocenters. The summed E-state index contributed by atoms with van der Waals surface area (Å²) < 4.78 is 49.5. The van der Waals surface area contributed by atoms with Crippen LogP contribution in [0.5, 0.6) is 34.5 Å². The number of ether oxygens (including phenoxy) is 6. The monoisotopic (exact) mass is 965 g/mol. The van der Waals surface area contributed by atoms with Gasteiger partial charge in [-0.15, -0.1) is 0 Å². The molecule has 7 heteroatoms. The lowest BCUT2D eigenvalue weighted by molar-refractivity contribution is 0.221. The van der Waals surface area contributed by atoms with E-state index in [0.717, 1.165) is 110 Å². The molecule has 3 rings (SSSR count). The average molecular weight is 966 g/mol. The van der Waals surface area contributed by atoms with Gasteiger partial charge < -0.3 is 32.8 Å². The lowest BCUT2D eigenvalue weighted by Crippen LogP contribution is -2.09. The van der Waals surface area contributed by atoms with Crippen LogP contribution in [0.2, 0.25) is 0 Å². The first-order valence-corrected chi connectivity index (χ1v) is 29.9. The molecule has 3 aromatic rings. The standard InChI is InChI=1S/C62H108O7/c1-9-15-21-27-33-39-45-63-55-51(7)52(8)56(64-46-40-34-28-22-16-10-2)58-53(55)54-57(65-47-41-35-29-23-17-11-3)60(66-48-42-36-30-24-18-12-4)62(68-50-44-38-32-26-20-14-6)61(59(54)69-58)67-49-43-37-31-25-19-13-5/h9-50H2,1-8H3. The fourth-order valence-electron chi connectivity index (χ4n) is 9.53. The van der Waals surface area contributed by atoms with Crippen molar-refractivity contribution >= 4 is 21.9 Å². The first-order valence-electron chi connectivity index (χ1n) is 29.9. The Morgan fingerprint density at radius 2 is 0.449 bits per heavy atom. The van der Waals surface area contributed by atoms with Crippen LogP contribution in [-0.2, 0) is 0 Å². The minimum absolute atomic E-state index is 0.571. The molecular formula is C62H108O7. The van der Waals surface area contributed by atoms with Crippen molar-refractivity contribution in [3.05, 3.63) is 11.1 Å². The molecular weight excluding hydrogens is 857 g/mol. The van der Waals surface area contributed by atoms with Crippen molar-refractivity contribution in [1.82, 2.24) is 0 Å². The molecule has 1 aromatic heterocycles. The molecule has 0 saturated heterocycles. The highest BCUT2D eigenvalue weighted by Gasteiger charge is 2.33. The highest BCUT2D eigenvalue weighted by Crippen LogP contribution is 2.58. The lowest BCUT2D eigenvalue weighted by atomic mass is 10.0. The third-order valence-electron chi connectivity index (χ3n) is 14.1. The Balaban J connectivity index is 2.32. The Labute approximate surface area is 425 Å². The zero-order chi connectivity index (χ0) is 49.6. The van der Waals surface area contributed by atoms with Crippen LogP contribution < -0.4 is 28.4 Å². The van der Waals surface area contributed by atoms with Gasteiger partial charge in [-0.3, -0.25) is 0 Å². The summed E-state index contributed by atoms with van der Waals surface area (Å²) >= 11 is 0. The fraction of sp³-hybridized carbons (Fsp3) is 0.806. The minimum atomic E-state index is 0.571. The van der Waals surface area contributed by atoms with Crippen molar-refractivity contribution in [3.8, 4) is 34.5 Å². The molecule has 0 aliphatic rings. The van der Waals surface area contributed by atoms with Crippen LogP contribution >= 0.6 is 0 Å². The zero-order valence-corrected chi connectivity index (χ0v) is 46.6. The smallest absolute Gasteiger partial charge is 0.211 e. The molecule has 7 nitrogen and oxygen atoms in total. The molecule has 0 N–H and O–H groups in total. The van der Waals surface area contributed by atoms with E-state index in [-0.39, 0.29) is 0 Å². The molecule has 398 valence electrons. The predicted octanol–water partition coefficient (Wildman–Crippen LogP) is 20.6. The first-order chi connectivity index (χ1) is 34.0. The van der Waals surface area contributed by atoms with Crippen LogP contribution in [0.3, 0.4) is 0 Å². The molecule has 0 aliphatic carbocycles. The summed E-state index contributed by atoms with van der Waals surface area (Å²) in [5.74, 6) is 4.26. The van der Waals surface area contributed by atoms with Crippen molar-refractivity contribution in [2.75, 3.05) is 39.6 Å². The van der Waals surface area contributed by atoms with Crippen LogP contribution in [0.1, 0.15) is 284 Å². The minimum Gasteiger partial charge on any atom is -0.493 e. The second kappa shape index (κ2) is 39.6. The van der Waals surface area contributed by atoms with Crippen LogP contribution in [0.4, 0.5) is 0 Å². The van der Waals surface area contributed by atoms with Gasteiger partial charge in [-0.05, 0) is 57.9 Å². The van der Waals surface area contributed by atoms with E-state index in [2.05, 4.69) is 55.4 Å². The van der Waals surface area contributed by atoms with Crippen LogP contribution in [-0.4, -0.2) is 39.6 Å². The molecule has 0 atom stereocenters. The molecule has 0 aliphatic heterocycles. The van der Waals surface area contributed by atoms with E-state index in [4.69, 9.17) is 32.8 Å². The molecule has 1 heterocycles. The zero-order valence-electron chi connectivity index (χ0n) is 46.6. The number of fused-ring (bicyclic) bond motifs is 3. The quantitative estimate of drug-likeness (QED) is 0.0522. The third kappa shape index (κ3) is 22.6. The number of hydrogen-bond acceptors (Lipinski definition) is 7. The van der Waals surface area contributed by atoms with E-state index in [1.807, 2.05) is 0 Å². The average Bonchev–Trinajstić information content (AvgIpc) is 3.74. The van der Waals surface area contributed by atoms with Gasteiger partial charge in [-0.25, -0.2) is 0 Å². The van der Waals surface area contributed by atoms with Gasteiger partial charge in [0, 0.05) is 5.56 Å². The van der Waals surface area contributed by atoms with Crippen molar-refractivity contribution in [3.63, 3.8) is 0 Å². The van der Waals surface area contributed by atoms with Gasteiger partial charge in [-0.2, -0.15) is 0 Å². The van der Waals surface area contributed by atoms with Crippen molar-refractivity contribution in [2.45, 2.75) is 287 Å². The molecule has 0 saturated carbocycles. The van der Waals surface area contributed by atoms with E-state index in [9.17, 15) is 0 Å². The maximum Gasteiger partial charge on any atom is 0.211 e. The first kappa shape index (κ1) is 60.3. The Morgan fingerprint density at radius 1 is 0.232 bits per heavy atom. The summed E-state index contributed by atoms with van der Waals surface area (Å²) in [5, 5.41) is 1.77. The van der Waals surface area contributed by atoms with Crippen LogP contribution in [0.25, 0.3) is 21.9 Å². The number of benzene rings is 2. The number of hydrogen-bond donors (Lipinski definition) is 0. The number of rotatable bonds is 48. The van der Waals surface area contributed by atoms with E-state index in [1.165, 1.54) is 154 Å². The predicted molar refractivity (Wildman–Crippen MR) is 296 cm³/mol. The second-order valence-corrected chi connectivity index (χ2v) is 20.4. The molecule has 0 radical (unpaired) electrons. The number of unbranched alkanes of at least 4 members (excludes halogenated alkanes) is 30. The second-order valence-electron chi connectivity index (χ2n) is 20.4. The Morgan fingerprint density at radius 3 is 0.797 bits per heavy atom. The number of furan rings is 1. The Bertz CT molecular complexity index is 1710. The molecule has 0 fully saturated rings. The van der Waals surface area contributed by atoms with E-state index in [1.54, 1.807) is 0 Å². The largest absolute Gasteiger partial charge is 0.493 e. The highest BCUT2D eigenvalue weighted by molar-refractivity contribution is 6.17. The van der Waals surface area contributed by atoms with Gasteiger partial charge in [0.2, 0.25) is 17.2 Å². The summed E-state index contributed by atoms with van der Waals surface area (Å²) in [5.41, 5.74) is 3.51. The van der Waals surface area contributed by atoms with Crippen LogP contribution in [0.15, 0.2) is 4.42 Å². The van der Waals surface area contributed by atoms with Crippen molar-refractivity contribution < 1.29 is 32.8 Å². The maximum absolute atomic E-state index is 7.30. The fourth-order valence-corrected chi connectivity index (χ4v) is 9.53. The normalized spacial score (nSPS) is 11.6. The van der Waals surface area contributed by atoms with Gasteiger partial charge in [0.1, 0.15) is 5.75 Å². The van der Waals surface area contributed by atoms with Crippen molar-refractivity contribution in [2.24, 2.45) is 0 Å². The highest BCUT2D eigenvalue weighted by atomic mass is 16.6. The maximum atomic E-state index is 7.30. The summed E-state index contributed by atoms with van der Waals surface area (Å²) in [6.45, 7) is 21.6. The SMILES string of the molecule is CCCCCCCCOc1c(OCCCCCCCC)c(OCCCCCCCC)c2c(oc3c(OCCCCCCCC)c(C)c(C)c(OCCCCCCCC)c32)c1OCCCCCCCC. The molecule has 2 aromatic carbocycles. The van der Waals surface area contributed by atoms with E-state index >= 15 is 0 Å². The topological polar surface area (TPSA) is 68.5 Å². The summed E-state index contributed by atoms with van der Waals surface area (Å²) in [6.07, 6.45) is 42.9. The van der Waals surface area contributed by atoms with E-state index in [0.29, 0.717) is 73.8 Å². The van der Waals surface area contributed by atoms with Gasteiger partial charge in [0.25, 0.3) is 0 Å². The van der Waals surface area contributed by atoms with Gasteiger partial charge in [0.15, 0.2) is 22.7 Å². The summed E-state index contributed by atoms with van der Waals surface area (Å²) in [7, 11) is 0.